The number of carbonyl (C=O) groups is 2. The van der Waals surface area contributed by atoms with Crippen LogP contribution in [0.25, 0.3) is 0 Å². The molecular formula is C21H29N3O2. The highest BCUT2D eigenvalue weighted by Gasteiger charge is 2.29. The van der Waals surface area contributed by atoms with Crippen molar-refractivity contribution in [2.24, 2.45) is 5.92 Å². The molecule has 3 fully saturated rings. The van der Waals surface area contributed by atoms with Crippen LogP contribution in [0.4, 0.5) is 5.69 Å². The minimum atomic E-state index is 0.0521. The van der Waals surface area contributed by atoms with Crippen LogP contribution in [0.2, 0.25) is 0 Å². The summed E-state index contributed by atoms with van der Waals surface area (Å²) in [6.07, 6.45) is 6.76. The molecule has 2 amide bonds. The van der Waals surface area contributed by atoms with Crippen molar-refractivity contribution >= 4 is 17.5 Å². The van der Waals surface area contributed by atoms with E-state index in [4.69, 9.17) is 0 Å². The third-order valence-corrected chi connectivity index (χ3v) is 5.89. The van der Waals surface area contributed by atoms with Gasteiger partial charge in [0.15, 0.2) is 0 Å². The molecule has 1 aliphatic carbocycles. The van der Waals surface area contributed by atoms with Crippen LogP contribution < -0.4 is 4.90 Å². The standard InChI is InChI=1S/C21H29N3O2/c25-20-10-13-23(14-15-24(20)16-17-4-5-17)21(26)18-6-8-19(9-7-18)22-11-2-1-3-12-22/h6-9,17H,1-5,10-16H2. The second kappa shape index (κ2) is 7.68. The minimum absolute atomic E-state index is 0.0521. The topological polar surface area (TPSA) is 43.9 Å². The SMILES string of the molecule is O=C1CCN(C(=O)c2ccc(N3CCCCC3)cc2)CCN1CC1CC1. The lowest BCUT2D eigenvalue weighted by atomic mass is 10.1. The van der Waals surface area contributed by atoms with E-state index in [1.165, 1.54) is 37.8 Å². The summed E-state index contributed by atoms with van der Waals surface area (Å²) in [5, 5.41) is 0. The molecule has 140 valence electrons. The van der Waals surface area contributed by atoms with Gasteiger partial charge >= 0.3 is 0 Å². The van der Waals surface area contributed by atoms with Crippen LogP contribution in [0.5, 0.6) is 0 Å². The van der Waals surface area contributed by atoms with Crippen molar-refractivity contribution in [1.29, 1.82) is 0 Å². The van der Waals surface area contributed by atoms with Gasteiger partial charge in [-0.15, -0.1) is 0 Å². The first-order valence-corrected chi connectivity index (χ1v) is 10.1. The summed E-state index contributed by atoms with van der Waals surface area (Å²) >= 11 is 0. The van der Waals surface area contributed by atoms with Crippen molar-refractivity contribution < 1.29 is 9.59 Å². The lowest BCUT2D eigenvalue weighted by Gasteiger charge is -2.29. The van der Waals surface area contributed by atoms with Gasteiger partial charge in [0.25, 0.3) is 5.91 Å². The van der Waals surface area contributed by atoms with Crippen LogP contribution in [0.1, 0.15) is 48.9 Å². The van der Waals surface area contributed by atoms with Crippen LogP contribution in [0, 0.1) is 5.92 Å². The summed E-state index contributed by atoms with van der Waals surface area (Å²) in [7, 11) is 0. The first-order valence-electron chi connectivity index (χ1n) is 10.1. The molecule has 1 aromatic rings. The van der Waals surface area contributed by atoms with E-state index in [0.29, 0.717) is 32.0 Å². The third-order valence-electron chi connectivity index (χ3n) is 5.89. The fourth-order valence-electron chi connectivity index (χ4n) is 4.02. The van der Waals surface area contributed by atoms with Crippen molar-refractivity contribution in [2.45, 2.75) is 38.5 Å². The average molecular weight is 355 g/mol. The molecule has 0 spiro atoms. The van der Waals surface area contributed by atoms with E-state index in [1.54, 1.807) is 0 Å². The Balaban J connectivity index is 1.37. The minimum Gasteiger partial charge on any atom is -0.372 e. The zero-order chi connectivity index (χ0) is 17.9. The Kier molecular flexibility index (Phi) is 5.14. The highest BCUT2D eigenvalue weighted by molar-refractivity contribution is 5.95. The lowest BCUT2D eigenvalue weighted by molar-refractivity contribution is -0.130. The molecule has 1 aromatic carbocycles. The molecule has 2 saturated heterocycles. The Labute approximate surface area is 155 Å². The summed E-state index contributed by atoms with van der Waals surface area (Å²) in [6, 6.07) is 8.03. The molecular weight excluding hydrogens is 326 g/mol. The van der Waals surface area contributed by atoms with Gasteiger partial charge in [-0.05, 0) is 62.3 Å². The zero-order valence-corrected chi connectivity index (χ0v) is 15.5. The molecule has 2 heterocycles. The number of hydrogen-bond donors (Lipinski definition) is 0. The molecule has 0 atom stereocenters. The van der Waals surface area contributed by atoms with E-state index in [0.717, 1.165) is 25.2 Å². The lowest BCUT2D eigenvalue weighted by Crippen LogP contribution is -2.36. The maximum atomic E-state index is 12.9. The molecule has 4 rings (SSSR count). The van der Waals surface area contributed by atoms with Crippen LogP contribution in [0.3, 0.4) is 0 Å². The molecule has 0 N–H and O–H groups in total. The number of piperidine rings is 1. The molecule has 1 saturated carbocycles. The number of nitrogens with zero attached hydrogens (tertiary/aromatic N) is 3. The highest BCUT2D eigenvalue weighted by atomic mass is 16.2. The third kappa shape index (κ3) is 4.02. The van der Waals surface area contributed by atoms with Crippen molar-refractivity contribution in [3.05, 3.63) is 29.8 Å². The molecule has 5 nitrogen and oxygen atoms in total. The normalized spacial score (nSPS) is 21.7. The van der Waals surface area contributed by atoms with Crippen LogP contribution in [-0.2, 0) is 4.79 Å². The zero-order valence-electron chi connectivity index (χ0n) is 15.5. The van der Waals surface area contributed by atoms with Gasteiger partial charge in [0, 0.05) is 56.9 Å². The summed E-state index contributed by atoms with van der Waals surface area (Å²) in [5.74, 6) is 0.951. The quantitative estimate of drug-likeness (QED) is 0.834. The maximum Gasteiger partial charge on any atom is 0.253 e. The number of rotatable bonds is 4. The van der Waals surface area contributed by atoms with Gasteiger partial charge in [-0.3, -0.25) is 9.59 Å². The fraction of sp³-hybridized carbons (Fsp3) is 0.619. The molecule has 0 unspecified atom stereocenters. The van der Waals surface area contributed by atoms with Crippen molar-refractivity contribution in [1.82, 2.24) is 9.80 Å². The highest BCUT2D eigenvalue weighted by Crippen LogP contribution is 2.30. The monoisotopic (exact) mass is 355 g/mol. The summed E-state index contributed by atoms with van der Waals surface area (Å²) in [4.78, 5) is 31.4. The number of carbonyl (C=O) groups excluding carboxylic acids is 2. The van der Waals surface area contributed by atoms with Gasteiger partial charge in [0.05, 0.1) is 0 Å². The number of hydrogen-bond acceptors (Lipinski definition) is 3. The fourth-order valence-corrected chi connectivity index (χ4v) is 4.02. The van der Waals surface area contributed by atoms with Gasteiger partial charge < -0.3 is 14.7 Å². The molecule has 0 radical (unpaired) electrons. The summed E-state index contributed by atoms with van der Waals surface area (Å²) < 4.78 is 0. The van der Waals surface area contributed by atoms with Crippen molar-refractivity contribution in [3.8, 4) is 0 Å². The van der Waals surface area contributed by atoms with Crippen LogP contribution in [0.15, 0.2) is 24.3 Å². The van der Waals surface area contributed by atoms with Gasteiger partial charge in [0.1, 0.15) is 0 Å². The molecule has 2 aliphatic heterocycles. The Morgan fingerprint density at radius 1 is 0.923 bits per heavy atom. The Morgan fingerprint density at radius 2 is 1.65 bits per heavy atom. The van der Waals surface area contributed by atoms with Gasteiger partial charge in [0.2, 0.25) is 5.91 Å². The van der Waals surface area contributed by atoms with Gasteiger partial charge in [-0.2, -0.15) is 0 Å². The Morgan fingerprint density at radius 3 is 2.35 bits per heavy atom. The average Bonchev–Trinajstić information content (AvgIpc) is 3.52. The van der Waals surface area contributed by atoms with Crippen molar-refractivity contribution in [3.63, 3.8) is 0 Å². The molecule has 3 aliphatic rings. The van der Waals surface area contributed by atoms with E-state index < -0.39 is 0 Å². The predicted octanol–water partition coefficient (Wildman–Crippen LogP) is 2.76. The smallest absolute Gasteiger partial charge is 0.253 e. The first-order chi connectivity index (χ1) is 12.7. The Bertz CT molecular complexity index is 648. The largest absolute Gasteiger partial charge is 0.372 e. The van der Waals surface area contributed by atoms with Gasteiger partial charge in [-0.1, -0.05) is 0 Å². The second-order valence-electron chi connectivity index (χ2n) is 7.92. The Hall–Kier alpha value is -2.04. The number of amides is 2. The van der Waals surface area contributed by atoms with E-state index >= 15 is 0 Å². The van der Waals surface area contributed by atoms with Crippen LogP contribution in [-0.4, -0.2) is 60.9 Å². The molecule has 5 heteroatoms. The molecule has 0 bridgehead atoms. The number of anilines is 1. The van der Waals surface area contributed by atoms with Crippen LogP contribution >= 0.6 is 0 Å². The number of benzene rings is 1. The van der Waals surface area contributed by atoms with E-state index in [1.807, 2.05) is 21.9 Å². The summed E-state index contributed by atoms with van der Waals surface area (Å²) in [5.41, 5.74) is 1.94. The predicted molar refractivity (Wildman–Crippen MR) is 102 cm³/mol. The first kappa shape index (κ1) is 17.4. The van der Waals surface area contributed by atoms with Gasteiger partial charge in [-0.25, -0.2) is 0 Å². The summed E-state index contributed by atoms with van der Waals surface area (Å²) in [6.45, 7) is 4.95. The molecule has 0 aromatic heterocycles. The maximum absolute atomic E-state index is 12.9. The van der Waals surface area contributed by atoms with E-state index in [-0.39, 0.29) is 11.8 Å². The molecule has 26 heavy (non-hydrogen) atoms. The van der Waals surface area contributed by atoms with E-state index in [9.17, 15) is 9.59 Å². The van der Waals surface area contributed by atoms with E-state index in [2.05, 4.69) is 17.0 Å². The second-order valence-corrected chi connectivity index (χ2v) is 7.92. The van der Waals surface area contributed by atoms with Crippen molar-refractivity contribution in [2.75, 3.05) is 44.2 Å².